The first-order chi connectivity index (χ1) is 8.56. The van der Waals surface area contributed by atoms with Crippen molar-refractivity contribution in [3.05, 3.63) is 28.1 Å². The van der Waals surface area contributed by atoms with E-state index in [1.54, 1.807) is 0 Å². The largest absolute Gasteiger partial charge is 0.396 e. The van der Waals surface area contributed by atoms with Crippen molar-refractivity contribution in [2.24, 2.45) is 5.41 Å². The van der Waals surface area contributed by atoms with Gasteiger partial charge in [-0.2, -0.15) is 0 Å². The van der Waals surface area contributed by atoms with Crippen LogP contribution < -0.4 is 5.32 Å². The fourth-order valence-electron chi connectivity index (χ4n) is 1.91. The first-order valence-electron chi connectivity index (χ1n) is 5.78. The minimum absolute atomic E-state index is 0.0307. The van der Waals surface area contributed by atoms with Crippen LogP contribution in [-0.4, -0.2) is 34.1 Å². The number of aliphatic hydroxyl groups is 1. The van der Waals surface area contributed by atoms with Crippen LogP contribution in [0.5, 0.6) is 0 Å². The molecule has 0 saturated heterocycles. The maximum Gasteiger partial charge on any atom is 0.287 e. The first kappa shape index (κ1) is 12.6. The van der Waals surface area contributed by atoms with Gasteiger partial charge in [-0.3, -0.25) is 14.9 Å². The molecule has 3 N–H and O–H groups in total. The molecule has 18 heavy (non-hydrogen) atoms. The number of hydrogen-bond acceptors (Lipinski definition) is 4. The third-order valence-electron chi connectivity index (χ3n) is 3.35. The van der Waals surface area contributed by atoms with Gasteiger partial charge < -0.3 is 15.4 Å². The summed E-state index contributed by atoms with van der Waals surface area (Å²) in [6, 6.07) is 1.21. The molecule has 0 spiro atoms. The Morgan fingerprint density at radius 2 is 2.33 bits per heavy atom. The fraction of sp³-hybridized carbons (Fsp3) is 0.545. The highest BCUT2D eigenvalue weighted by atomic mass is 16.6. The fourth-order valence-corrected chi connectivity index (χ4v) is 1.91. The normalized spacial score (nSPS) is 16.3. The second kappa shape index (κ2) is 4.77. The summed E-state index contributed by atoms with van der Waals surface area (Å²) in [5.74, 6) is -0.354. The Kier molecular flexibility index (Phi) is 3.33. The summed E-state index contributed by atoms with van der Waals surface area (Å²) in [5, 5.41) is 22.1. The lowest BCUT2D eigenvalue weighted by atomic mass is 10.0. The Labute approximate surface area is 103 Å². The molecule has 7 nitrogen and oxygen atoms in total. The van der Waals surface area contributed by atoms with Crippen molar-refractivity contribution in [2.75, 3.05) is 13.2 Å². The molecule has 1 saturated carbocycles. The van der Waals surface area contributed by atoms with Crippen molar-refractivity contribution >= 4 is 11.6 Å². The standard InChI is InChI=1S/C11H15N3O4/c15-4-3-11(1-2-11)7-13-10(16)9-5-8(6-12-9)14(17)18/h5-6,12,15H,1-4,7H2,(H,13,16). The summed E-state index contributed by atoms with van der Waals surface area (Å²) in [7, 11) is 0. The van der Waals surface area contributed by atoms with Gasteiger partial charge in [0.05, 0.1) is 11.1 Å². The van der Waals surface area contributed by atoms with Crippen molar-refractivity contribution in [1.29, 1.82) is 0 Å². The van der Waals surface area contributed by atoms with Crippen LogP contribution in [0.2, 0.25) is 0 Å². The third-order valence-corrected chi connectivity index (χ3v) is 3.35. The number of aliphatic hydroxyl groups excluding tert-OH is 1. The predicted octanol–water partition coefficient (Wildman–Crippen LogP) is 0.815. The number of carbonyl (C=O) groups excluding carboxylic acids is 1. The number of rotatable bonds is 6. The molecular formula is C11H15N3O4. The van der Waals surface area contributed by atoms with E-state index in [0.717, 1.165) is 12.8 Å². The van der Waals surface area contributed by atoms with Crippen LogP contribution in [0.3, 0.4) is 0 Å². The van der Waals surface area contributed by atoms with Crippen molar-refractivity contribution in [1.82, 2.24) is 10.3 Å². The van der Waals surface area contributed by atoms with Crippen LogP contribution in [0.1, 0.15) is 29.8 Å². The maximum atomic E-state index is 11.7. The van der Waals surface area contributed by atoms with E-state index in [0.29, 0.717) is 13.0 Å². The molecule has 0 radical (unpaired) electrons. The van der Waals surface area contributed by atoms with Gasteiger partial charge in [-0.25, -0.2) is 0 Å². The number of nitrogens with one attached hydrogen (secondary N) is 2. The number of amides is 1. The lowest BCUT2D eigenvalue weighted by Crippen LogP contribution is -2.30. The molecule has 2 rings (SSSR count). The van der Waals surface area contributed by atoms with Gasteiger partial charge in [0.15, 0.2) is 0 Å². The highest BCUT2D eigenvalue weighted by Crippen LogP contribution is 2.47. The van der Waals surface area contributed by atoms with E-state index >= 15 is 0 Å². The molecule has 1 aromatic rings. The van der Waals surface area contributed by atoms with Gasteiger partial charge in [-0.15, -0.1) is 0 Å². The third kappa shape index (κ3) is 2.67. The molecule has 1 aliphatic carbocycles. The smallest absolute Gasteiger partial charge is 0.287 e. The zero-order chi connectivity index (χ0) is 13.2. The molecule has 1 aliphatic rings. The van der Waals surface area contributed by atoms with E-state index in [2.05, 4.69) is 10.3 Å². The minimum atomic E-state index is -0.554. The zero-order valence-corrected chi connectivity index (χ0v) is 9.81. The van der Waals surface area contributed by atoms with Crippen molar-refractivity contribution in [2.45, 2.75) is 19.3 Å². The number of H-pyrrole nitrogens is 1. The second-order valence-electron chi connectivity index (χ2n) is 4.68. The number of aromatic nitrogens is 1. The Morgan fingerprint density at radius 1 is 1.61 bits per heavy atom. The second-order valence-corrected chi connectivity index (χ2v) is 4.68. The molecule has 0 unspecified atom stereocenters. The lowest BCUT2D eigenvalue weighted by Gasteiger charge is -2.13. The molecule has 1 aromatic heterocycles. The van der Waals surface area contributed by atoms with E-state index in [-0.39, 0.29) is 29.3 Å². The molecule has 1 heterocycles. The van der Waals surface area contributed by atoms with Gasteiger partial charge in [0.2, 0.25) is 0 Å². The van der Waals surface area contributed by atoms with Gasteiger partial charge >= 0.3 is 0 Å². The van der Waals surface area contributed by atoms with E-state index < -0.39 is 4.92 Å². The highest BCUT2D eigenvalue weighted by Gasteiger charge is 2.41. The quantitative estimate of drug-likeness (QED) is 0.515. The highest BCUT2D eigenvalue weighted by molar-refractivity contribution is 5.93. The number of carbonyl (C=O) groups is 1. The Hall–Kier alpha value is -1.89. The summed E-state index contributed by atoms with van der Waals surface area (Å²) in [6.07, 6.45) is 3.87. The molecule has 7 heteroatoms. The predicted molar refractivity (Wildman–Crippen MR) is 63.2 cm³/mol. The van der Waals surface area contributed by atoms with E-state index in [1.165, 1.54) is 12.3 Å². The monoisotopic (exact) mass is 253 g/mol. The molecule has 0 atom stereocenters. The van der Waals surface area contributed by atoms with E-state index in [4.69, 9.17) is 5.11 Å². The van der Waals surface area contributed by atoms with Gasteiger partial charge in [-0.1, -0.05) is 0 Å². The zero-order valence-electron chi connectivity index (χ0n) is 9.81. The van der Waals surface area contributed by atoms with Crippen molar-refractivity contribution in [3.8, 4) is 0 Å². The number of aromatic amines is 1. The van der Waals surface area contributed by atoms with Gasteiger partial charge in [0.25, 0.3) is 11.6 Å². The summed E-state index contributed by atoms with van der Waals surface area (Å²) < 4.78 is 0. The summed E-state index contributed by atoms with van der Waals surface area (Å²) >= 11 is 0. The van der Waals surface area contributed by atoms with Crippen LogP contribution in [0.4, 0.5) is 5.69 Å². The Morgan fingerprint density at radius 3 is 2.83 bits per heavy atom. The summed E-state index contributed by atoms with van der Waals surface area (Å²) in [4.78, 5) is 24.2. The Bertz CT molecular complexity index is 465. The van der Waals surface area contributed by atoms with Crippen molar-refractivity contribution < 1.29 is 14.8 Å². The SMILES string of the molecule is O=C(NCC1(CCO)CC1)c1cc([N+](=O)[O-])c[nH]1. The lowest BCUT2D eigenvalue weighted by molar-refractivity contribution is -0.384. The number of hydrogen-bond donors (Lipinski definition) is 3. The maximum absolute atomic E-state index is 11.7. The van der Waals surface area contributed by atoms with E-state index in [1.807, 2.05) is 0 Å². The minimum Gasteiger partial charge on any atom is -0.396 e. The van der Waals surface area contributed by atoms with E-state index in [9.17, 15) is 14.9 Å². The molecule has 0 aromatic carbocycles. The molecule has 98 valence electrons. The molecular weight excluding hydrogens is 238 g/mol. The average molecular weight is 253 g/mol. The molecule has 0 bridgehead atoms. The summed E-state index contributed by atoms with van der Waals surface area (Å²) in [6.45, 7) is 0.614. The number of nitro groups is 1. The van der Waals surface area contributed by atoms with Gasteiger partial charge in [0, 0.05) is 19.2 Å². The number of nitrogens with zero attached hydrogens (tertiary/aromatic N) is 1. The van der Waals surface area contributed by atoms with Crippen LogP contribution in [0, 0.1) is 15.5 Å². The van der Waals surface area contributed by atoms with Crippen LogP contribution in [0.15, 0.2) is 12.3 Å². The topological polar surface area (TPSA) is 108 Å². The molecule has 1 fully saturated rings. The van der Waals surface area contributed by atoms with Crippen molar-refractivity contribution in [3.63, 3.8) is 0 Å². The molecule has 0 aliphatic heterocycles. The summed E-state index contributed by atoms with van der Waals surface area (Å²) in [5.41, 5.74) is 0.0845. The van der Waals surface area contributed by atoms with Crippen LogP contribution in [0.25, 0.3) is 0 Å². The Balaban J connectivity index is 1.89. The van der Waals surface area contributed by atoms with Crippen LogP contribution in [-0.2, 0) is 0 Å². The molecule has 1 amide bonds. The van der Waals surface area contributed by atoms with Crippen LogP contribution >= 0.6 is 0 Å². The first-order valence-corrected chi connectivity index (χ1v) is 5.78. The van der Waals surface area contributed by atoms with Gasteiger partial charge in [0.1, 0.15) is 5.69 Å². The van der Waals surface area contributed by atoms with Gasteiger partial charge in [-0.05, 0) is 24.7 Å². The average Bonchev–Trinajstić information content (AvgIpc) is 2.92.